The standard InChI is InChI=1S/C13H18N4O2S/c1-8-6-12(9(2)5-11(8)14)16-20(18,19)13-7-17(4)10(3)15-13/h5-7,16H,14H2,1-4H3. The number of anilines is 2. The molecule has 0 amide bonds. The van der Waals surface area contributed by atoms with Crippen molar-refractivity contribution in [2.24, 2.45) is 7.05 Å². The Hall–Kier alpha value is -2.02. The number of imidazole rings is 1. The van der Waals surface area contributed by atoms with Crippen molar-refractivity contribution < 1.29 is 8.42 Å². The van der Waals surface area contributed by atoms with Gasteiger partial charge in [-0.25, -0.2) is 4.98 Å². The van der Waals surface area contributed by atoms with Gasteiger partial charge in [0, 0.05) is 18.9 Å². The maximum atomic E-state index is 12.3. The molecule has 7 heteroatoms. The van der Waals surface area contributed by atoms with Crippen LogP contribution in [0.4, 0.5) is 11.4 Å². The predicted octanol–water partition coefficient (Wildman–Crippen LogP) is 1.73. The lowest BCUT2D eigenvalue weighted by molar-refractivity contribution is 0.598. The van der Waals surface area contributed by atoms with E-state index in [0.717, 1.165) is 11.1 Å². The molecule has 0 aliphatic carbocycles. The van der Waals surface area contributed by atoms with E-state index < -0.39 is 10.0 Å². The molecule has 1 aromatic heterocycles. The Labute approximate surface area is 118 Å². The third-order valence-corrected chi connectivity index (χ3v) is 4.46. The summed E-state index contributed by atoms with van der Waals surface area (Å²) in [5.41, 5.74) is 8.54. The second-order valence-corrected chi connectivity index (χ2v) is 6.50. The lowest BCUT2D eigenvalue weighted by atomic mass is 10.1. The second kappa shape index (κ2) is 4.82. The average Bonchev–Trinajstić information content (AvgIpc) is 2.67. The maximum Gasteiger partial charge on any atom is 0.280 e. The SMILES string of the molecule is Cc1cc(NS(=O)(=O)c2cn(C)c(C)n2)c(C)cc1N. The first-order chi connectivity index (χ1) is 9.20. The highest BCUT2D eigenvalue weighted by atomic mass is 32.2. The first-order valence-electron chi connectivity index (χ1n) is 6.10. The van der Waals surface area contributed by atoms with E-state index in [-0.39, 0.29) is 5.03 Å². The molecule has 6 nitrogen and oxygen atoms in total. The number of benzene rings is 1. The molecular weight excluding hydrogens is 276 g/mol. The van der Waals surface area contributed by atoms with Gasteiger partial charge in [0.05, 0.1) is 5.69 Å². The van der Waals surface area contributed by atoms with E-state index >= 15 is 0 Å². The molecule has 0 bridgehead atoms. The lowest BCUT2D eigenvalue weighted by Crippen LogP contribution is -2.14. The van der Waals surface area contributed by atoms with E-state index in [2.05, 4.69) is 9.71 Å². The molecule has 0 atom stereocenters. The van der Waals surface area contributed by atoms with Gasteiger partial charge in [-0.1, -0.05) is 0 Å². The van der Waals surface area contributed by atoms with Crippen LogP contribution >= 0.6 is 0 Å². The summed E-state index contributed by atoms with van der Waals surface area (Å²) >= 11 is 0. The fourth-order valence-electron chi connectivity index (χ4n) is 1.80. The number of hydrogen-bond donors (Lipinski definition) is 2. The Morgan fingerprint density at radius 1 is 1.20 bits per heavy atom. The van der Waals surface area contributed by atoms with Crippen LogP contribution in [0, 0.1) is 20.8 Å². The van der Waals surface area contributed by atoms with Gasteiger partial charge >= 0.3 is 0 Å². The third kappa shape index (κ3) is 2.62. The van der Waals surface area contributed by atoms with Crippen molar-refractivity contribution in [1.82, 2.24) is 9.55 Å². The van der Waals surface area contributed by atoms with E-state index in [1.807, 2.05) is 6.92 Å². The number of nitrogens with two attached hydrogens (primary N) is 1. The molecule has 0 saturated heterocycles. The topological polar surface area (TPSA) is 90.0 Å². The Balaban J connectivity index is 2.40. The molecule has 0 unspecified atom stereocenters. The predicted molar refractivity (Wildman–Crippen MR) is 79.1 cm³/mol. The first-order valence-corrected chi connectivity index (χ1v) is 7.58. The third-order valence-electron chi connectivity index (χ3n) is 3.22. The highest BCUT2D eigenvalue weighted by Gasteiger charge is 2.19. The molecule has 2 rings (SSSR count). The highest BCUT2D eigenvalue weighted by molar-refractivity contribution is 7.92. The summed E-state index contributed by atoms with van der Waals surface area (Å²) in [6.45, 7) is 5.38. The summed E-state index contributed by atoms with van der Waals surface area (Å²) in [5.74, 6) is 0.635. The van der Waals surface area contributed by atoms with Crippen LogP contribution in [-0.4, -0.2) is 18.0 Å². The molecule has 0 spiro atoms. The summed E-state index contributed by atoms with van der Waals surface area (Å²) < 4.78 is 28.8. The van der Waals surface area contributed by atoms with Crippen molar-refractivity contribution in [3.63, 3.8) is 0 Å². The molecule has 1 aromatic carbocycles. The van der Waals surface area contributed by atoms with Crippen LogP contribution in [-0.2, 0) is 17.1 Å². The number of aryl methyl sites for hydroxylation is 4. The number of nitrogens with one attached hydrogen (secondary N) is 1. The van der Waals surface area contributed by atoms with Crippen LogP contribution in [0.5, 0.6) is 0 Å². The monoisotopic (exact) mass is 294 g/mol. The van der Waals surface area contributed by atoms with Gasteiger partial charge in [0.2, 0.25) is 0 Å². The second-order valence-electron chi connectivity index (χ2n) is 4.87. The Morgan fingerprint density at radius 2 is 1.85 bits per heavy atom. The average molecular weight is 294 g/mol. The molecule has 0 radical (unpaired) electrons. The summed E-state index contributed by atoms with van der Waals surface area (Å²) in [6.07, 6.45) is 1.48. The van der Waals surface area contributed by atoms with Crippen LogP contribution in [0.1, 0.15) is 17.0 Å². The van der Waals surface area contributed by atoms with Crippen molar-refractivity contribution in [3.8, 4) is 0 Å². The fourth-order valence-corrected chi connectivity index (χ4v) is 2.96. The van der Waals surface area contributed by atoms with Crippen LogP contribution in [0.25, 0.3) is 0 Å². The summed E-state index contributed by atoms with van der Waals surface area (Å²) in [6, 6.07) is 3.47. The minimum Gasteiger partial charge on any atom is -0.399 e. The highest BCUT2D eigenvalue weighted by Crippen LogP contribution is 2.24. The van der Waals surface area contributed by atoms with Crippen molar-refractivity contribution in [3.05, 3.63) is 35.3 Å². The molecule has 3 N–H and O–H groups in total. The van der Waals surface area contributed by atoms with Gasteiger partial charge in [0.15, 0.2) is 5.03 Å². The van der Waals surface area contributed by atoms with Gasteiger partial charge in [0.1, 0.15) is 5.82 Å². The number of sulfonamides is 1. The van der Waals surface area contributed by atoms with E-state index in [9.17, 15) is 8.42 Å². The van der Waals surface area contributed by atoms with Crippen molar-refractivity contribution in [1.29, 1.82) is 0 Å². The minimum absolute atomic E-state index is 0.00591. The summed E-state index contributed by atoms with van der Waals surface area (Å²) in [7, 11) is -1.94. The van der Waals surface area contributed by atoms with Gasteiger partial charge in [-0.15, -0.1) is 0 Å². The van der Waals surface area contributed by atoms with E-state index in [4.69, 9.17) is 5.73 Å². The van der Waals surface area contributed by atoms with Gasteiger partial charge in [-0.3, -0.25) is 4.72 Å². The molecule has 108 valence electrons. The van der Waals surface area contributed by atoms with Crippen LogP contribution in [0.2, 0.25) is 0 Å². The number of nitrogen functional groups attached to an aromatic ring is 1. The summed E-state index contributed by atoms with van der Waals surface area (Å²) in [5, 5.41) is 0.00591. The minimum atomic E-state index is -3.69. The number of hydrogen-bond acceptors (Lipinski definition) is 4. The van der Waals surface area contributed by atoms with Gasteiger partial charge < -0.3 is 10.3 Å². The molecule has 0 aliphatic heterocycles. The van der Waals surface area contributed by atoms with Crippen LogP contribution in [0.15, 0.2) is 23.4 Å². The Morgan fingerprint density at radius 3 is 2.40 bits per heavy atom. The molecule has 20 heavy (non-hydrogen) atoms. The number of nitrogens with zero attached hydrogens (tertiary/aromatic N) is 2. The zero-order valence-corrected chi connectivity index (χ0v) is 12.7. The van der Waals surface area contributed by atoms with Crippen LogP contribution < -0.4 is 10.5 Å². The molecule has 0 aliphatic rings. The lowest BCUT2D eigenvalue weighted by Gasteiger charge is -2.11. The van der Waals surface area contributed by atoms with Crippen molar-refractivity contribution >= 4 is 21.4 Å². The Kier molecular flexibility index (Phi) is 3.47. The fraction of sp³-hybridized carbons (Fsp3) is 0.308. The summed E-state index contributed by atoms with van der Waals surface area (Å²) in [4.78, 5) is 4.04. The maximum absolute atomic E-state index is 12.3. The molecule has 1 heterocycles. The number of rotatable bonds is 3. The normalized spacial score (nSPS) is 11.6. The Bertz CT molecular complexity index is 743. The van der Waals surface area contributed by atoms with E-state index in [1.165, 1.54) is 6.20 Å². The van der Waals surface area contributed by atoms with Crippen molar-refractivity contribution in [2.45, 2.75) is 25.8 Å². The molecule has 2 aromatic rings. The molecule has 0 saturated carbocycles. The smallest absolute Gasteiger partial charge is 0.280 e. The largest absolute Gasteiger partial charge is 0.399 e. The number of aromatic nitrogens is 2. The zero-order valence-electron chi connectivity index (χ0n) is 11.9. The van der Waals surface area contributed by atoms with Gasteiger partial charge in [0.25, 0.3) is 10.0 Å². The van der Waals surface area contributed by atoms with E-state index in [0.29, 0.717) is 17.2 Å². The van der Waals surface area contributed by atoms with Gasteiger partial charge in [-0.2, -0.15) is 8.42 Å². The quantitative estimate of drug-likeness (QED) is 0.844. The molecular formula is C13H18N4O2S. The van der Waals surface area contributed by atoms with E-state index in [1.54, 1.807) is 37.6 Å². The zero-order chi connectivity index (χ0) is 15.1. The molecule has 0 fully saturated rings. The van der Waals surface area contributed by atoms with Gasteiger partial charge in [-0.05, 0) is 44.0 Å². The van der Waals surface area contributed by atoms with Crippen LogP contribution in [0.3, 0.4) is 0 Å². The first kappa shape index (κ1) is 14.4. The van der Waals surface area contributed by atoms with Crippen molar-refractivity contribution in [2.75, 3.05) is 10.5 Å².